The van der Waals surface area contributed by atoms with Crippen LogP contribution in [0.15, 0.2) is 66.3 Å². The lowest BCUT2D eigenvalue weighted by Gasteiger charge is -2.39. The highest BCUT2D eigenvalue weighted by Crippen LogP contribution is 2.46. The average molecular weight is 341 g/mol. The number of hydrogen-bond donors (Lipinski definition) is 0. The van der Waals surface area contributed by atoms with Crippen molar-refractivity contribution in [3.63, 3.8) is 0 Å². The molecule has 0 amide bonds. The van der Waals surface area contributed by atoms with Crippen LogP contribution in [0, 0.1) is 5.41 Å². The molecule has 1 fully saturated rings. The molecule has 1 saturated carbocycles. The van der Waals surface area contributed by atoms with E-state index in [-0.39, 0.29) is 25.7 Å². The number of hydrogen-bond acceptors (Lipinski definition) is 0. The summed E-state index contributed by atoms with van der Waals surface area (Å²) in [7, 11) is 0. The molecule has 0 unspecified atom stereocenters. The maximum Gasteiger partial charge on any atom is 0.0202 e. The Kier molecular flexibility index (Phi) is 9.78. The summed E-state index contributed by atoms with van der Waals surface area (Å²) in [5.41, 5.74) is 3.37. The largest absolute Gasteiger partial charge is 0.0776 e. The van der Waals surface area contributed by atoms with Gasteiger partial charge >= 0.3 is 0 Å². The summed E-state index contributed by atoms with van der Waals surface area (Å²) in [4.78, 5) is 0. The first-order valence-electron chi connectivity index (χ1n) is 9.27. The van der Waals surface area contributed by atoms with Crippen LogP contribution in [0.4, 0.5) is 0 Å². The second-order valence-electron chi connectivity index (χ2n) is 7.14. The average Bonchev–Trinajstić information content (AvgIpc) is 2.79. The van der Waals surface area contributed by atoms with Gasteiger partial charge in [0.1, 0.15) is 0 Å². The molecule has 0 nitrogen and oxygen atoms in total. The molecule has 2 aliphatic rings. The summed E-state index contributed by atoms with van der Waals surface area (Å²) in [6, 6.07) is 11.1. The van der Waals surface area contributed by atoms with Crippen molar-refractivity contribution in [3.05, 3.63) is 71.8 Å². The van der Waals surface area contributed by atoms with Crippen LogP contribution in [0.5, 0.6) is 0 Å². The van der Waals surface area contributed by atoms with Crippen LogP contribution >= 0.6 is 0 Å². The lowest BCUT2D eigenvalue weighted by molar-refractivity contribution is 0.345. The fourth-order valence-corrected chi connectivity index (χ4v) is 3.79. The Morgan fingerprint density at radius 3 is 2.00 bits per heavy atom. The molecule has 0 atom stereocenters. The second-order valence-corrected chi connectivity index (χ2v) is 7.14. The Hall–Kier alpha value is -1.56. The van der Waals surface area contributed by atoms with E-state index in [1.807, 2.05) is 13.8 Å². The normalized spacial score (nSPS) is 19.9. The molecule has 0 heteroatoms. The van der Waals surface area contributed by atoms with Gasteiger partial charge in [-0.3, -0.25) is 0 Å². The van der Waals surface area contributed by atoms with Crippen LogP contribution in [-0.2, 0) is 5.41 Å². The van der Waals surface area contributed by atoms with Crippen molar-refractivity contribution in [2.45, 2.75) is 80.1 Å². The van der Waals surface area contributed by atoms with Crippen LogP contribution in [0.1, 0.15) is 80.2 Å². The van der Waals surface area contributed by atoms with Gasteiger partial charge in [-0.05, 0) is 24.0 Å². The highest BCUT2D eigenvalue weighted by Gasteiger charge is 2.36. The summed E-state index contributed by atoms with van der Waals surface area (Å²) >= 11 is 0. The Morgan fingerprint density at radius 1 is 0.800 bits per heavy atom. The topological polar surface area (TPSA) is 0 Å². The van der Waals surface area contributed by atoms with Crippen LogP contribution in [-0.4, -0.2) is 0 Å². The van der Waals surface area contributed by atoms with Gasteiger partial charge < -0.3 is 0 Å². The first kappa shape index (κ1) is 23.4. The van der Waals surface area contributed by atoms with Crippen LogP contribution < -0.4 is 0 Å². The third-order valence-electron chi connectivity index (χ3n) is 5.08. The Balaban J connectivity index is 0.00000139. The summed E-state index contributed by atoms with van der Waals surface area (Å²) in [5.74, 6) is 0. The molecule has 1 aromatic rings. The van der Waals surface area contributed by atoms with Gasteiger partial charge in [0.15, 0.2) is 0 Å². The molecule has 0 spiro atoms. The van der Waals surface area contributed by atoms with Gasteiger partial charge in [-0.1, -0.05) is 123 Å². The molecule has 0 aromatic heterocycles. The zero-order valence-corrected chi connectivity index (χ0v) is 15.3. The highest BCUT2D eigenvalue weighted by atomic mass is 14.4. The Bertz CT molecular complexity index is 563. The van der Waals surface area contributed by atoms with Gasteiger partial charge in [0.05, 0.1) is 0 Å². The van der Waals surface area contributed by atoms with Crippen molar-refractivity contribution < 1.29 is 0 Å². The highest BCUT2D eigenvalue weighted by molar-refractivity contribution is 5.45. The lowest BCUT2D eigenvalue weighted by Crippen LogP contribution is -2.30. The molecule has 1 aromatic carbocycles. The monoisotopic (exact) mass is 340 g/mol. The fraction of sp³-hybridized carbons (Fsp3) is 0.520. The van der Waals surface area contributed by atoms with Crippen molar-refractivity contribution in [1.29, 1.82) is 0 Å². The van der Waals surface area contributed by atoms with Crippen molar-refractivity contribution in [2.75, 3.05) is 0 Å². The number of allylic oxidation sites excluding steroid dienone is 6. The van der Waals surface area contributed by atoms with Crippen LogP contribution in [0.3, 0.4) is 0 Å². The minimum absolute atomic E-state index is 0. The summed E-state index contributed by atoms with van der Waals surface area (Å²) in [6.07, 6.45) is 18.3. The van der Waals surface area contributed by atoms with Crippen LogP contribution in [0.2, 0.25) is 0 Å². The molecule has 0 N–H and O–H groups in total. The summed E-state index contributed by atoms with van der Waals surface area (Å²) in [6.45, 7) is 8.54. The third-order valence-corrected chi connectivity index (χ3v) is 5.08. The first-order valence-corrected chi connectivity index (χ1v) is 9.27. The number of rotatable bonds is 2. The third kappa shape index (κ3) is 5.46. The predicted molar refractivity (Wildman–Crippen MR) is 116 cm³/mol. The molecule has 0 heterocycles. The minimum atomic E-state index is 0. The summed E-state index contributed by atoms with van der Waals surface area (Å²) in [5, 5.41) is 0. The van der Waals surface area contributed by atoms with Gasteiger partial charge in [0.25, 0.3) is 0 Å². The standard InChI is InChI=1S/C21H26.C2H6.2CH4/c1-20(2)14-9-12-19(13-17-20)21(15-7-4-8-16-21)18-10-5-3-6-11-18;1-2;;/h3,5-6,9-14,17H,4,7-8,15-16H2,1-2H3;1-2H3;2*1H4. The quantitative estimate of drug-likeness (QED) is 0.508. The molecule has 0 saturated heterocycles. The predicted octanol–water partition coefficient (Wildman–Crippen LogP) is 8.27. The van der Waals surface area contributed by atoms with E-state index in [1.54, 1.807) is 0 Å². The molecule has 2 aliphatic carbocycles. The van der Waals surface area contributed by atoms with Crippen molar-refractivity contribution in [2.24, 2.45) is 5.41 Å². The van der Waals surface area contributed by atoms with E-state index in [0.717, 1.165) is 0 Å². The van der Waals surface area contributed by atoms with Crippen molar-refractivity contribution >= 4 is 0 Å². The van der Waals surface area contributed by atoms with Gasteiger partial charge in [0, 0.05) is 10.8 Å². The Morgan fingerprint density at radius 2 is 1.40 bits per heavy atom. The molecule has 0 aliphatic heterocycles. The van der Waals surface area contributed by atoms with E-state index in [1.165, 1.54) is 43.2 Å². The first-order chi connectivity index (χ1) is 11.1. The second kappa shape index (κ2) is 10.4. The smallest absolute Gasteiger partial charge is 0.0202 e. The Labute approximate surface area is 157 Å². The molecule has 140 valence electrons. The minimum Gasteiger partial charge on any atom is -0.0776 e. The zero-order valence-electron chi connectivity index (χ0n) is 15.3. The molecular weight excluding hydrogens is 300 g/mol. The van der Waals surface area contributed by atoms with E-state index in [4.69, 9.17) is 0 Å². The SMILES string of the molecule is C.C.CC.CC1(C)C=CC=C(C2(c3ccccc3)CCCCC2)C=C1. The van der Waals surface area contributed by atoms with Gasteiger partial charge in [-0.15, -0.1) is 0 Å². The maximum atomic E-state index is 2.39. The van der Waals surface area contributed by atoms with E-state index in [2.05, 4.69) is 74.6 Å². The lowest BCUT2D eigenvalue weighted by atomic mass is 9.64. The zero-order chi connectivity index (χ0) is 16.8. The van der Waals surface area contributed by atoms with E-state index >= 15 is 0 Å². The van der Waals surface area contributed by atoms with Gasteiger partial charge in [0.2, 0.25) is 0 Å². The summed E-state index contributed by atoms with van der Waals surface area (Å²) < 4.78 is 0. The van der Waals surface area contributed by atoms with E-state index < -0.39 is 0 Å². The molecule has 3 rings (SSSR count). The molecule has 25 heavy (non-hydrogen) atoms. The van der Waals surface area contributed by atoms with Gasteiger partial charge in [-0.2, -0.15) is 0 Å². The molecule has 0 bridgehead atoms. The van der Waals surface area contributed by atoms with E-state index in [9.17, 15) is 0 Å². The molecule has 0 radical (unpaired) electrons. The molecular formula is C25H40. The van der Waals surface area contributed by atoms with Crippen LogP contribution in [0.25, 0.3) is 0 Å². The van der Waals surface area contributed by atoms with E-state index in [0.29, 0.717) is 0 Å². The maximum absolute atomic E-state index is 2.39. The fourth-order valence-electron chi connectivity index (χ4n) is 3.79. The number of benzene rings is 1. The van der Waals surface area contributed by atoms with Crippen molar-refractivity contribution in [3.8, 4) is 0 Å². The van der Waals surface area contributed by atoms with Gasteiger partial charge in [-0.25, -0.2) is 0 Å². The van der Waals surface area contributed by atoms with Crippen molar-refractivity contribution in [1.82, 2.24) is 0 Å².